The van der Waals surface area contributed by atoms with Crippen LogP contribution in [0.15, 0.2) is 48.5 Å². The Kier molecular flexibility index (Phi) is 5.57. The molecule has 2 atom stereocenters. The zero-order valence-electron chi connectivity index (χ0n) is 13.4. The zero-order valence-corrected chi connectivity index (χ0v) is 13.4. The summed E-state index contributed by atoms with van der Waals surface area (Å²) in [6, 6.07) is 12.8. The Morgan fingerprint density at radius 3 is 2.13 bits per heavy atom. The fraction of sp³-hybridized carbons (Fsp3) is 0.278. The molecule has 4 nitrogen and oxygen atoms in total. The van der Waals surface area contributed by atoms with Crippen molar-refractivity contribution >= 4 is 5.91 Å². The number of hydrogen-bond acceptors (Lipinski definition) is 3. The molecule has 0 aliphatic rings. The Labute approximate surface area is 135 Å². The van der Waals surface area contributed by atoms with Gasteiger partial charge in [-0.25, -0.2) is 4.39 Å². The minimum atomic E-state index is -0.647. The molecule has 0 fully saturated rings. The molecule has 5 heteroatoms. The van der Waals surface area contributed by atoms with Crippen molar-refractivity contribution in [3.63, 3.8) is 0 Å². The molecular weight excluding hydrogens is 297 g/mol. The van der Waals surface area contributed by atoms with Gasteiger partial charge in [-0.15, -0.1) is 0 Å². The first-order valence-electron chi connectivity index (χ1n) is 7.36. The number of nitrogens with one attached hydrogen (secondary N) is 1. The van der Waals surface area contributed by atoms with Crippen molar-refractivity contribution < 1.29 is 18.7 Å². The fourth-order valence-corrected chi connectivity index (χ4v) is 2.08. The molecule has 0 saturated carbocycles. The highest BCUT2D eigenvalue weighted by Gasteiger charge is 2.17. The summed E-state index contributed by atoms with van der Waals surface area (Å²) < 4.78 is 23.6. The first-order valence-corrected chi connectivity index (χ1v) is 7.36. The molecule has 0 aliphatic heterocycles. The highest BCUT2D eigenvalue weighted by atomic mass is 19.1. The smallest absolute Gasteiger partial charge is 0.261 e. The van der Waals surface area contributed by atoms with E-state index in [0.29, 0.717) is 5.75 Å². The lowest BCUT2D eigenvalue weighted by Crippen LogP contribution is -2.37. The summed E-state index contributed by atoms with van der Waals surface area (Å²) in [5.41, 5.74) is 0.830. The Morgan fingerprint density at radius 2 is 1.57 bits per heavy atom. The van der Waals surface area contributed by atoms with Gasteiger partial charge in [0, 0.05) is 0 Å². The predicted octanol–water partition coefficient (Wildman–Crippen LogP) is 3.48. The molecule has 0 saturated heterocycles. The van der Waals surface area contributed by atoms with Gasteiger partial charge in [-0.3, -0.25) is 4.79 Å². The van der Waals surface area contributed by atoms with Crippen molar-refractivity contribution in [3.05, 3.63) is 59.9 Å². The van der Waals surface area contributed by atoms with Crippen LogP contribution < -0.4 is 14.8 Å². The summed E-state index contributed by atoms with van der Waals surface area (Å²) in [5.74, 6) is 0.767. The Balaban J connectivity index is 1.92. The monoisotopic (exact) mass is 317 g/mol. The number of benzene rings is 2. The van der Waals surface area contributed by atoms with Crippen molar-refractivity contribution in [2.24, 2.45) is 0 Å². The van der Waals surface area contributed by atoms with E-state index in [0.717, 1.165) is 11.3 Å². The van der Waals surface area contributed by atoms with Gasteiger partial charge >= 0.3 is 0 Å². The quantitative estimate of drug-likeness (QED) is 0.887. The van der Waals surface area contributed by atoms with Crippen molar-refractivity contribution in [3.8, 4) is 11.5 Å². The van der Waals surface area contributed by atoms with E-state index in [-0.39, 0.29) is 17.8 Å². The van der Waals surface area contributed by atoms with Gasteiger partial charge in [0.05, 0.1) is 13.2 Å². The summed E-state index contributed by atoms with van der Waals surface area (Å²) in [6.07, 6.45) is -0.647. The maximum absolute atomic E-state index is 12.9. The van der Waals surface area contributed by atoms with Crippen molar-refractivity contribution in [2.45, 2.75) is 26.0 Å². The second-order valence-electron chi connectivity index (χ2n) is 5.22. The molecule has 0 bridgehead atoms. The summed E-state index contributed by atoms with van der Waals surface area (Å²) in [4.78, 5) is 12.2. The predicted molar refractivity (Wildman–Crippen MR) is 86.0 cm³/mol. The van der Waals surface area contributed by atoms with Crippen LogP contribution in [0.2, 0.25) is 0 Å². The van der Waals surface area contributed by atoms with Gasteiger partial charge in [-0.05, 0) is 55.8 Å². The first-order chi connectivity index (χ1) is 11.0. The van der Waals surface area contributed by atoms with Crippen LogP contribution in [0.3, 0.4) is 0 Å². The van der Waals surface area contributed by atoms with Crippen LogP contribution in [0.5, 0.6) is 11.5 Å². The van der Waals surface area contributed by atoms with E-state index in [1.54, 1.807) is 50.4 Å². The number of amides is 1. The van der Waals surface area contributed by atoms with Gasteiger partial charge in [-0.1, -0.05) is 12.1 Å². The topological polar surface area (TPSA) is 47.6 Å². The molecule has 0 heterocycles. The molecule has 0 aliphatic carbocycles. The number of methoxy groups -OCH3 is 1. The molecule has 0 radical (unpaired) electrons. The average Bonchev–Trinajstić information content (AvgIpc) is 2.56. The molecule has 0 aromatic heterocycles. The Morgan fingerprint density at radius 1 is 1.00 bits per heavy atom. The van der Waals surface area contributed by atoms with Crippen LogP contribution in [0.25, 0.3) is 0 Å². The number of carbonyl (C=O) groups is 1. The Bertz CT molecular complexity index is 640. The van der Waals surface area contributed by atoms with E-state index in [9.17, 15) is 9.18 Å². The molecule has 1 N–H and O–H groups in total. The largest absolute Gasteiger partial charge is 0.497 e. The molecule has 122 valence electrons. The number of ether oxygens (including phenoxy) is 2. The fourth-order valence-electron chi connectivity index (χ4n) is 2.08. The van der Waals surface area contributed by atoms with Crippen LogP contribution in [0, 0.1) is 5.82 Å². The van der Waals surface area contributed by atoms with Gasteiger partial charge < -0.3 is 14.8 Å². The molecule has 23 heavy (non-hydrogen) atoms. The van der Waals surface area contributed by atoms with Crippen LogP contribution in [-0.4, -0.2) is 19.1 Å². The standard InChI is InChI=1S/C18H20FNO3/c1-12(14-4-6-15(19)7-5-14)20-18(21)13(2)23-17-10-8-16(22-3)9-11-17/h4-13H,1-3H3,(H,20,21)/t12-,13+/m1/s1. The molecule has 0 spiro atoms. The third kappa shape index (κ3) is 4.71. The van der Waals surface area contributed by atoms with Crippen LogP contribution in [0.4, 0.5) is 4.39 Å². The van der Waals surface area contributed by atoms with E-state index in [2.05, 4.69) is 5.32 Å². The lowest BCUT2D eigenvalue weighted by molar-refractivity contribution is -0.127. The number of carbonyl (C=O) groups excluding carboxylic acids is 1. The van der Waals surface area contributed by atoms with Crippen molar-refractivity contribution in [2.75, 3.05) is 7.11 Å². The second-order valence-corrected chi connectivity index (χ2v) is 5.22. The normalized spacial score (nSPS) is 13.0. The molecule has 0 unspecified atom stereocenters. The molecule has 1 amide bonds. The number of rotatable bonds is 6. The van der Waals surface area contributed by atoms with Gasteiger partial charge in [0.25, 0.3) is 5.91 Å². The minimum Gasteiger partial charge on any atom is -0.497 e. The molecule has 2 rings (SSSR count). The van der Waals surface area contributed by atoms with Crippen molar-refractivity contribution in [1.29, 1.82) is 0 Å². The van der Waals surface area contributed by atoms with Crippen molar-refractivity contribution in [1.82, 2.24) is 5.32 Å². The number of halogens is 1. The highest BCUT2D eigenvalue weighted by Crippen LogP contribution is 2.19. The molecule has 2 aromatic carbocycles. The van der Waals surface area contributed by atoms with E-state index in [1.165, 1.54) is 12.1 Å². The summed E-state index contributed by atoms with van der Waals surface area (Å²) >= 11 is 0. The molecular formula is C18H20FNO3. The van der Waals surface area contributed by atoms with Gasteiger partial charge in [-0.2, -0.15) is 0 Å². The average molecular weight is 317 g/mol. The van der Waals surface area contributed by atoms with E-state index >= 15 is 0 Å². The third-order valence-corrected chi connectivity index (χ3v) is 3.47. The van der Waals surface area contributed by atoms with Gasteiger partial charge in [0.2, 0.25) is 0 Å². The summed E-state index contributed by atoms with van der Waals surface area (Å²) in [5, 5.41) is 2.85. The van der Waals surface area contributed by atoms with Gasteiger partial charge in [0.1, 0.15) is 17.3 Å². The van der Waals surface area contributed by atoms with Crippen LogP contribution >= 0.6 is 0 Å². The summed E-state index contributed by atoms with van der Waals surface area (Å²) in [6.45, 7) is 3.52. The van der Waals surface area contributed by atoms with Crippen LogP contribution in [0.1, 0.15) is 25.5 Å². The second kappa shape index (κ2) is 7.63. The third-order valence-electron chi connectivity index (χ3n) is 3.47. The van der Waals surface area contributed by atoms with Crippen LogP contribution in [-0.2, 0) is 4.79 Å². The van der Waals surface area contributed by atoms with E-state index in [1.807, 2.05) is 6.92 Å². The lowest BCUT2D eigenvalue weighted by Gasteiger charge is -2.19. The minimum absolute atomic E-state index is 0.231. The summed E-state index contributed by atoms with van der Waals surface area (Å²) in [7, 11) is 1.59. The molecule has 2 aromatic rings. The van der Waals surface area contributed by atoms with E-state index < -0.39 is 6.10 Å². The van der Waals surface area contributed by atoms with E-state index in [4.69, 9.17) is 9.47 Å². The van der Waals surface area contributed by atoms with Gasteiger partial charge in [0.15, 0.2) is 6.10 Å². The maximum Gasteiger partial charge on any atom is 0.261 e. The highest BCUT2D eigenvalue weighted by molar-refractivity contribution is 5.81. The first kappa shape index (κ1) is 16.8. The number of hydrogen-bond donors (Lipinski definition) is 1. The Hall–Kier alpha value is -2.56. The maximum atomic E-state index is 12.9. The lowest BCUT2D eigenvalue weighted by atomic mass is 10.1. The SMILES string of the molecule is COc1ccc(O[C@@H](C)C(=O)N[C@H](C)c2ccc(F)cc2)cc1. The zero-order chi connectivity index (χ0) is 16.8.